The number of aliphatic imine (C=N–C) groups is 1. The van der Waals surface area contributed by atoms with Crippen LogP contribution in [0, 0.1) is 13.8 Å². The summed E-state index contributed by atoms with van der Waals surface area (Å²) in [5, 5.41) is 2.63. The minimum Gasteiger partial charge on any atom is -0.445 e. The second-order valence-corrected chi connectivity index (χ2v) is 7.58. The van der Waals surface area contributed by atoms with Gasteiger partial charge in [0.15, 0.2) is 22.8 Å². The summed E-state index contributed by atoms with van der Waals surface area (Å²) >= 11 is 0. The van der Waals surface area contributed by atoms with Gasteiger partial charge in [-0.2, -0.15) is 0 Å². The fourth-order valence-electron chi connectivity index (χ4n) is 3.87. The first kappa shape index (κ1) is 18.5. The Morgan fingerprint density at radius 3 is 2.64 bits per heavy atom. The summed E-state index contributed by atoms with van der Waals surface area (Å²) in [6.07, 6.45) is -1.08. The molecule has 4 rings (SSSR count). The van der Waals surface area contributed by atoms with Gasteiger partial charge in [0.2, 0.25) is 0 Å². The van der Waals surface area contributed by atoms with Gasteiger partial charge >= 0.3 is 0 Å². The van der Waals surface area contributed by atoms with E-state index in [1.165, 1.54) is 6.07 Å². The van der Waals surface area contributed by atoms with Crippen LogP contribution in [0.15, 0.2) is 27.6 Å². The van der Waals surface area contributed by atoms with Crippen molar-refractivity contribution in [2.75, 3.05) is 5.32 Å². The molecule has 2 aliphatic rings. The van der Waals surface area contributed by atoms with Gasteiger partial charge in [-0.15, -0.1) is 0 Å². The van der Waals surface area contributed by atoms with E-state index in [4.69, 9.17) is 10.2 Å². The van der Waals surface area contributed by atoms with Gasteiger partial charge in [0, 0.05) is 19.0 Å². The molecule has 0 radical (unpaired) electrons. The highest BCUT2D eigenvalue weighted by atomic mass is 19.3. The average molecular weight is 392 g/mol. The van der Waals surface area contributed by atoms with Crippen molar-refractivity contribution in [3.8, 4) is 0 Å². The molecule has 3 N–H and O–H groups in total. The van der Waals surface area contributed by atoms with Crippen LogP contribution in [0.2, 0.25) is 0 Å². The Labute approximate surface area is 159 Å². The highest BCUT2D eigenvalue weighted by Crippen LogP contribution is 2.57. The zero-order chi connectivity index (χ0) is 20.5. The lowest BCUT2D eigenvalue weighted by Gasteiger charge is -2.50. The van der Waals surface area contributed by atoms with E-state index in [0.717, 1.165) is 6.92 Å². The number of halogens is 3. The van der Waals surface area contributed by atoms with Gasteiger partial charge in [0.1, 0.15) is 11.6 Å². The molecule has 0 unspecified atom stereocenters. The van der Waals surface area contributed by atoms with E-state index in [9.17, 15) is 18.0 Å². The third kappa shape index (κ3) is 2.52. The van der Waals surface area contributed by atoms with Crippen LogP contribution in [0.4, 0.5) is 18.9 Å². The van der Waals surface area contributed by atoms with Crippen molar-refractivity contribution in [1.82, 2.24) is 4.98 Å². The standard InChI is InChI=1S/C19H19F3N4O2/c1-9-14(24-10(2)28-9)15(27)25-12-5-4-11-7-18(13(11)6-12)19(21,22)8-17(3,20)16(23)26-18/h4-6H,7-8H2,1-3H3,(H2,23,26)(H,25,27)/t17-,18+/m0/s1. The molecule has 9 heteroatoms. The maximum atomic E-state index is 14.9. The van der Waals surface area contributed by atoms with Gasteiger partial charge in [-0.25, -0.2) is 18.2 Å². The van der Waals surface area contributed by atoms with Gasteiger partial charge in [0.25, 0.3) is 11.8 Å². The summed E-state index contributed by atoms with van der Waals surface area (Å²) < 4.78 is 49.3. The van der Waals surface area contributed by atoms with Crippen LogP contribution in [-0.2, 0) is 12.0 Å². The number of amides is 1. The Hall–Kier alpha value is -2.84. The molecule has 1 aromatic heterocycles. The van der Waals surface area contributed by atoms with Crippen LogP contribution in [0.3, 0.4) is 0 Å². The number of nitrogens with zero attached hydrogens (tertiary/aromatic N) is 2. The molecule has 2 atom stereocenters. The summed E-state index contributed by atoms with van der Waals surface area (Å²) in [5.74, 6) is -3.66. The molecular formula is C19H19F3N4O2. The highest BCUT2D eigenvalue weighted by Gasteiger charge is 2.66. The number of amidine groups is 1. The molecule has 0 fully saturated rings. The van der Waals surface area contributed by atoms with Crippen molar-refractivity contribution in [2.45, 2.75) is 50.7 Å². The predicted octanol–water partition coefficient (Wildman–Crippen LogP) is 3.42. The molecule has 1 aromatic carbocycles. The summed E-state index contributed by atoms with van der Waals surface area (Å²) in [6, 6.07) is 4.69. The number of oxazole rings is 1. The maximum Gasteiger partial charge on any atom is 0.280 e. The monoisotopic (exact) mass is 392 g/mol. The molecule has 1 aliphatic heterocycles. The van der Waals surface area contributed by atoms with Crippen LogP contribution in [-0.4, -0.2) is 28.3 Å². The summed E-state index contributed by atoms with van der Waals surface area (Å²) in [7, 11) is 0. The van der Waals surface area contributed by atoms with Gasteiger partial charge in [0.05, 0.1) is 6.42 Å². The van der Waals surface area contributed by atoms with Gasteiger partial charge in [-0.05, 0) is 37.1 Å². The van der Waals surface area contributed by atoms with Crippen LogP contribution in [0.5, 0.6) is 0 Å². The Bertz CT molecular complexity index is 1030. The molecular weight excluding hydrogens is 373 g/mol. The quantitative estimate of drug-likeness (QED) is 0.819. The number of alkyl halides is 3. The molecule has 6 nitrogen and oxygen atoms in total. The van der Waals surface area contributed by atoms with E-state index in [1.807, 2.05) is 0 Å². The van der Waals surface area contributed by atoms with E-state index in [1.54, 1.807) is 26.0 Å². The third-order valence-electron chi connectivity index (χ3n) is 5.38. The van der Waals surface area contributed by atoms with Crippen LogP contribution < -0.4 is 11.1 Å². The molecule has 28 heavy (non-hydrogen) atoms. The molecule has 0 bridgehead atoms. The highest BCUT2D eigenvalue weighted by molar-refractivity contribution is 6.03. The zero-order valence-electron chi connectivity index (χ0n) is 15.6. The Kier molecular flexibility index (Phi) is 3.70. The molecule has 148 valence electrons. The number of rotatable bonds is 2. The summed E-state index contributed by atoms with van der Waals surface area (Å²) in [5.41, 5.74) is 2.70. The number of fused-ring (bicyclic) bond motifs is 2. The number of aryl methyl sites for hydroxylation is 2. The number of carbonyl (C=O) groups is 1. The van der Waals surface area contributed by atoms with Crippen molar-refractivity contribution < 1.29 is 22.4 Å². The molecule has 1 spiro atoms. The number of carbonyl (C=O) groups excluding carboxylic acids is 1. The maximum absolute atomic E-state index is 14.9. The normalized spacial score (nSPS) is 27.7. The van der Waals surface area contributed by atoms with Crippen molar-refractivity contribution in [3.63, 3.8) is 0 Å². The molecule has 1 aliphatic carbocycles. The van der Waals surface area contributed by atoms with Crippen molar-refractivity contribution >= 4 is 17.4 Å². The second kappa shape index (κ2) is 5.59. The molecule has 2 heterocycles. The Morgan fingerprint density at radius 1 is 1.29 bits per heavy atom. The average Bonchev–Trinajstić information content (AvgIpc) is 2.90. The number of aromatic nitrogens is 1. The van der Waals surface area contributed by atoms with E-state index < -0.39 is 35.3 Å². The zero-order valence-corrected chi connectivity index (χ0v) is 15.6. The van der Waals surface area contributed by atoms with Gasteiger partial charge in [-0.3, -0.25) is 9.79 Å². The first-order valence-electron chi connectivity index (χ1n) is 8.76. The fourth-order valence-corrected chi connectivity index (χ4v) is 3.87. The lowest BCUT2D eigenvalue weighted by Crippen LogP contribution is -2.61. The van der Waals surface area contributed by atoms with Crippen molar-refractivity contribution in [2.24, 2.45) is 10.7 Å². The van der Waals surface area contributed by atoms with Gasteiger partial charge in [-0.1, -0.05) is 6.07 Å². The number of nitrogens with one attached hydrogen (secondary N) is 1. The van der Waals surface area contributed by atoms with Crippen LogP contribution >= 0.6 is 0 Å². The fraction of sp³-hybridized carbons (Fsp3) is 0.421. The topological polar surface area (TPSA) is 93.5 Å². The number of benzene rings is 1. The number of hydrogen-bond acceptors (Lipinski definition) is 5. The SMILES string of the molecule is Cc1nc(C(=O)Nc2ccc3c(c2)[C@@]2(C3)N=C(N)[C@@](C)(F)CC2(F)F)c(C)o1. The van der Waals surface area contributed by atoms with E-state index in [-0.39, 0.29) is 17.7 Å². The van der Waals surface area contributed by atoms with Crippen LogP contribution in [0.25, 0.3) is 0 Å². The lowest BCUT2D eigenvalue weighted by molar-refractivity contribution is -0.120. The first-order valence-corrected chi connectivity index (χ1v) is 8.76. The summed E-state index contributed by atoms with van der Waals surface area (Å²) in [6.45, 7) is 4.23. The molecule has 1 amide bonds. The van der Waals surface area contributed by atoms with Crippen LogP contribution in [0.1, 0.15) is 46.6 Å². The second-order valence-electron chi connectivity index (χ2n) is 7.58. The summed E-state index contributed by atoms with van der Waals surface area (Å²) in [4.78, 5) is 20.3. The van der Waals surface area contributed by atoms with Crippen molar-refractivity contribution in [1.29, 1.82) is 0 Å². The minimum atomic E-state index is -3.41. The molecule has 2 aromatic rings. The smallest absolute Gasteiger partial charge is 0.280 e. The van der Waals surface area contributed by atoms with E-state index >= 15 is 0 Å². The Balaban J connectivity index is 1.69. The number of nitrogens with two attached hydrogens (primary N) is 1. The number of anilines is 1. The van der Waals surface area contributed by atoms with E-state index in [2.05, 4.69) is 15.3 Å². The molecule has 0 saturated carbocycles. The van der Waals surface area contributed by atoms with Gasteiger partial charge < -0.3 is 15.5 Å². The van der Waals surface area contributed by atoms with Crippen molar-refractivity contribution in [3.05, 3.63) is 46.7 Å². The first-order chi connectivity index (χ1) is 12.9. The Morgan fingerprint density at radius 2 is 2.00 bits per heavy atom. The number of hydrogen-bond donors (Lipinski definition) is 2. The largest absolute Gasteiger partial charge is 0.445 e. The lowest BCUT2D eigenvalue weighted by atomic mass is 9.63. The van der Waals surface area contributed by atoms with E-state index in [0.29, 0.717) is 22.9 Å². The minimum absolute atomic E-state index is 0.0398. The predicted molar refractivity (Wildman–Crippen MR) is 96.5 cm³/mol. The third-order valence-corrected chi connectivity index (χ3v) is 5.38. The molecule has 0 saturated heterocycles.